The molecule has 1 aliphatic rings. The second-order valence-corrected chi connectivity index (χ2v) is 5.57. The lowest BCUT2D eigenvalue weighted by atomic mass is 9.98. The standard InChI is InChI=1S/C9H17FOP/c1-2-6-12(11)9-5-3-4-8(10)7-9/h8-9H,2-7H2,1H3. The molecule has 3 unspecified atom stereocenters. The molecule has 1 nitrogen and oxygen atoms in total. The molecular formula is C9H17FOP. The van der Waals surface area contributed by atoms with Crippen molar-refractivity contribution in [1.29, 1.82) is 0 Å². The molecule has 1 saturated carbocycles. The van der Waals surface area contributed by atoms with Crippen LogP contribution in [0.15, 0.2) is 0 Å². The van der Waals surface area contributed by atoms with Crippen molar-refractivity contribution in [2.75, 3.05) is 6.16 Å². The molecule has 0 saturated heterocycles. The average molecular weight is 191 g/mol. The van der Waals surface area contributed by atoms with Gasteiger partial charge in [0.25, 0.3) is 0 Å². The van der Waals surface area contributed by atoms with Gasteiger partial charge in [-0.25, -0.2) is 4.39 Å². The van der Waals surface area contributed by atoms with E-state index in [0.29, 0.717) is 12.8 Å². The summed E-state index contributed by atoms with van der Waals surface area (Å²) >= 11 is 0. The first-order valence-corrected chi connectivity index (χ1v) is 6.33. The molecule has 0 N–H and O–H groups in total. The van der Waals surface area contributed by atoms with Gasteiger partial charge >= 0.3 is 0 Å². The molecule has 12 heavy (non-hydrogen) atoms. The summed E-state index contributed by atoms with van der Waals surface area (Å²) in [6.07, 6.45) is 4.21. The number of hydrogen-bond acceptors (Lipinski definition) is 1. The summed E-state index contributed by atoms with van der Waals surface area (Å²) in [4.78, 5) is 0. The third-order valence-corrected chi connectivity index (χ3v) is 4.61. The Labute approximate surface area is 74.5 Å². The van der Waals surface area contributed by atoms with Gasteiger partial charge in [0.2, 0.25) is 0 Å². The molecule has 0 spiro atoms. The molecule has 0 aromatic carbocycles. The normalized spacial score (nSPS) is 31.7. The third-order valence-electron chi connectivity index (χ3n) is 2.43. The van der Waals surface area contributed by atoms with Gasteiger partial charge in [-0.05, 0) is 32.1 Å². The zero-order valence-electron chi connectivity index (χ0n) is 7.63. The minimum absolute atomic E-state index is 0.184. The highest BCUT2D eigenvalue weighted by Gasteiger charge is 2.25. The van der Waals surface area contributed by atoms with Crippen molar-refractivity contribution in [2.24, 2.45) is 0 Å². The zero-order chi connectivity index (χ0) is 8.97. The number of rotatable bonds is 3. The summed E-state index contributed by atoms with van der Waals surface area (Å²) in [7, 11) is -1.12. The van der Waals surface area contributed by atoms with Crippen LogP contribution < -0.4 is 0 Å². The van der Waals surface area contributed by atoms with Crippen LogP contribution in [0.5, 0.6) is 0 Å². The van der Waals surface area contributed by atoms with Crippen LogP contribution in [-0.2, 0) is 4.57 Å². The fourth-order valence-electron chi connectivity index (χ4n) is 1.77. The van der Waals surface area contributed by atoms with E-state index in [1.54, 1.807) is 0 Å². The van der Waals surface area contributed by atoms with Crippen molar-refractivity contribution in [3.05, 3.63) is 0 Å². The van der Waals surface area contributed by atoms with Crippen LogP contribution in [0.2, 0.25) is 0 Å². The van der Waals surface area contributed by atoms with Crippen LogP contribution in [0.4, 0.5) is 4.39 Å². The van der Waals surface area contributed by atoms with Crippen molar-refractivity contribution in [3.8, 4) is 0 Å². The Kier molecular flexibility index (Phi) is 4.14. The Morgan fingerprint density at radius 2 is 2.25 bits per heavy atom. The highest BCUT2D eigenvalue weighted by molar-refractivity contribution is 7.45. The fraction of sp³-hybridized carbons (Fsp3) is 1.00. The summed E-state index contributed by atoms with van der Waals surface area (Å²) in [5.74, 6) is 0. The highest BCUT2D eigenvalue weighted by atomic mass is 31.1. The minimum atomic E-state index is -1.12. The quantitative estimate of drug-likeness (QED) is 0.624. The predicted molar refractivity (Wildman–Crippen MR) is 49.9 cm³/mol. The van der Waals surface area contributed by atoms with E-state index in [2.05, 4.69) is 0 Å². The maximum atomic E-state index is 12.9. The Bertz CT molecular complexity index is 161. The van der Waals surface area contributed by atoms with E-state index in [0.717, 1.165) is 25.4 Å². The molecule has 0 aromatic heterocycles. The highest BCUT2D eigenvalue weighted by Crippen LogP contribution is 2.39. The SMILES string of the molecule is CCC[P](=O)C1CCCC(F)C1. The van der Waals surface area contributed by atoms with E-state index in [1.807, 2.05) is 6.92 Å². The molecule has 0 aliphatic heterocycles. The Balaban J connectivity index is 2.35. The largest absolute Gasteiger partial charge is 0.287 e. The van der Waals surface area contributed by atoms with E-state index in [-0.39, 0.29) is 5.66 Å². The van der Waals surface area contributed by atoms with E-state index in [9.17, 15) is 8.96 Å². The fourth-order valence-corrected chi connectivity index (χ4v) is 3.51. The molecule has 1 radical (unpaired) electrons. The summed E-state index contributed by atoms with van der Waals surface area (Å²) in [6, 6.07) is 0. The lowest BCUT2D eigenvalue weighted by Gasteiger charge is -2.23. The number of alkyl halides is 1. The second kappa shape index (κ2) is 4.91. The van der Waals surface area contributed by atoms with Gasteiger partial charge in [-0.15, -0.1) is 0 Å². The smallest absolute Gasteiger partial charge is 0.101 e. The summed E-state index contributed by atoms with van der Waals surface area (Å²) in [6.45, 7) is 2.03. The first-order chi connectivity index (χ1) is 5.74. The maximum Gasteiger partial charge on any atom is 0.101 e. The van der Waals surface area contributed by atoms with Gasteiger partial charge in [-0.3, -0.25) is 4.57 Å². The molecule has 0 aromatic rings. The molecule has 1 aliphatic carbocycles. The van der Waals surface area contributed by atoms with Crippen molar-refractivity contribution in [3.63, 3.8) is 0 Å². The Morgan fingerprint density at radius 3 is 2.83 bits per heavy atom. The lowest BCUT2D eigenvalue weighted by Crippen LogP contribution is -2.18. The van der Waals surface area contributed by atoms with Crippen molar-refractivity contribution in [2.45, 2.75) is 50.9 Å². The van der Waals surface area contributed by atoms with Gasteiger partial charge in [-0.2, -0.15) is 0 Å². The molecule has 71 valence electrons. The van der Waals surface area contributed by atoms with Crippen LogP contribution in [0, 0.1) is 0 Å². The van der Waals surface area contributed by atoms with E-state index >= 15 is 0 Å². The van der Waals surface area contributed by atoms with Crippen LogP contribution in [-0.4, -0.2) is 18.0 Å². The average Bonchev–Trinajstić information content (AvgIpc) is 2.05. The summed E-state index contributed by atoms with van der Waals surface area (Å²) in [5, 5.41) is 0. The monoisotopic (exact) mass is 191 g/mol. The lowest BCUT2D eigenvalue weighted by molar-refractivity contribution is 0.253. The maximum absolute atomic E-state index is 12.9. The van der Waals surface area contributed by atoms with Gasteiger partial charge in [0.15, 0.2) is 0 Å². The molecular weight excluding hydrogens is 174 g/mol. The van der Waals surface area contributed by atoms with Gasteiger partial charge in [0.1, 0.15) is 6.17 Å². The molecule has 3 atom stereocenters. The van der Waals surface area contributed by atoms with E-state index < -0.39 is 14.0 Å². The molecule has 0 amide bonds. The topological polar surface area (TPSA) is 17.1 Å². The first-order valence-electron chi connectivity index (χ1n) is 4.82. The van der Waals surface area contributed by atoms with Gasteiger partial charge < -0.3 is 0 Å². The second-order valence-electron chi connectivity index (χ2n) is 3.56. The minimum Gasteiger partial charge on any atom is -0.287 e. The molecule has 3 heteroatoms. The first kappa shape index (κ1) is 10.1. The summed E-state index contributed by atoms with van der Waals surface area (Å²) < 4.78 is 24.4. The van der Waals surface area contributed by atoms with Crippen LogP contribution in [0.3, 0.4) is 0 Å². The molecule has 0 heterocycles. The van der Waals surface area contributed by atoms with Crippen molar-refractivity contribution in [1.82, 2.24) is 0 Å². The van der Waals surface area contributed by atoms with Crippen LogP contribution >= 0.6 is 7.80 Å². The molecule has 0 bridgehead atoms. The molecule has 1 fully saturated rings. The van der Waals surface area contributed by atoms with Crippen molar-refractivity contribution >= 4 is 7.80 Å². The summed E-state index contributed by atoms with van der Waals surface area (Å²) in [5.41, 5.74) is 0.184. The van der Waals surface area contributed by atoms with Gasteiger partial charge in [0.05, 0.1) is 7.80 Å². The van der Waals surface area contributed by atoms with Crippen LogP contribution in [0.1, 0.15) is 39.0 Å². The van der Waals surface area contributed by atoms with E-state index in [4.69, 9.17) is 0 Å². The number of halogens is 1. The predicted octanol–water partition coefficient (Wildman–Crippen LogP) is 3.50. The van der Waals surface area contributed by atoms with Gasteiger partial charge in [-0.1, -0.05) is 6.92 Å². The molecule has 1 rings (SSSR count). The van der Waals surface area contributed by atoms with Crippen molar-refractivity contribution < 1.29 is 8.96 Å². The Morgan fingerprint density at radius 1 is 1.50 bits per heavy atom. The number of hydrogen-bond donors (Lipinski definition) is 0. The zero-order valence-corrected chi connectivity index (χ0v) is 8.53. The third kappa shape index (κ3) is 2.82. The van der Waals surface area contributed by atoms with E-state index in [1.165, 1.54) is 0 Å². The van der Waals surface area contributed by atoms with Gasteiger partial charge in [0, 0.05) is 11.8 Å². The van der Waals surface area contributed by atoms with Crippen LogP contribution in [0.25, 0.3) is 0 Å². The Hall–Kier alpha value is 0.0300.